The monoisotopic (exact) mass is 276 g/mol. The number of rotatable bonds is 4. The molecule has 0 amide bonds. The molecule has 1 atom stereocenters. The Bertz CT molecular complexity index is 610. The van der Waals surface area contributed by atoms with Gasteiger partial charge in [0.2, 0.25) is 0 Å². The van der Waals surface area contributed by atoms with Crippen molar-refractivity contribution in [2.45, 2.75) is 32.4 Å². The largest absolute Gasteiger partial charge is 0.486 e. The minimum absolute atomic E-state index is 0.0748. The molecule has 1 aromatic heterocycles. The molecule has 2 heterocycles. The molecule has 20 heavy (non-hydrogen) atoms. The average Bonchev–Trinajstić information content (AvgIpc) is 3.01. The first kappa shape index (κ1) is 13.0. The molecule has 0 fully saturated rings. The Kier molecular flexibility index (Phi) is 3.34. The van der Waals surface area contributed by atoms with Crippen LogP contribution in [0.25, 0.3) is 0 Å². The lowest BCUT2D eigenvalue weighted by Gasteiger charge is -2.11. The van der Waals surface area contributed by atoms with E-state index in [4.69, 9.17) is 9.47 Å². The standard InChI is InChI=1S/C15H17FN2O2/c1-10(2)18-8-14(7-17-18)19-9-13-6-11-5-12(16)3-4-15(11)20-13/h3-5,7-8,10,13H,6,9H2,1-2H3. The van der Waals surface area contributed by atoms with E-state index in [0.29, 0.717) is 19.1 Å². The van der Waals surface area contributed by atoms with E-state index in [1.165, 1.54) is 12.1 Å². The normalized spacial score (nSPS) is 17.1. The van der Waals surface area contributed by atoms with Gasteiger partial charge in [-0.3, -0.25) is 4.68 Å². The summed E-state index contributed by atoms with van der Waals surface area (Å²) < 4.78 is 26.4. The Morgan fingerprint density at radius 1 is 1.50 bits per heavy atom. The summed E-state index contributed by atoms with van der Waals surface area (Å²) in [5.74, 6) is 1.24. The van der Waals surface area contributed by atoms with E-state index in [1.54, 1.807) is 12.3 Å². The second-order valence-electron chi connectivity index (χ2n) is 5.26. The summed E-state index contributed by atoms with van der Waals surface area (Å²) in [6.07, 6.45) is 4.16. The van der Waals surface area contributed by atoms with Gasteiger partial charge in [-0.05, 0) is 32.0 Å². The predicted octanol–water partition coefficient (Wildman–Crippen LogP) is 2.99. The maximum Gasteiger partial charge on any atom is 0.157 e. The van der Waals surface area contributed by atoms with Crippen LogP contribution in [0.5, 0.6) is 11.5 Å². The van der Waals surface area contributed by atoms with E-state index in [-0.39, 0.29) is 11.9 Å². The Morgan fingerprint density at radius 2 is 2.35 bits per heavy atom. The molecule has 0 aliphatic carbocycles. The zero-order valence-corrected chi connectivity index (χ0v) is 11.5. The fourth-order valence-electron chi connectivity index (χ4n) is 2.25. The van der Waals surface area contributed by atoms with Gasteiger partial charge in [0.1, 0.15) is 24.3 Å². The van der Waals surface area contributed by atoms with Crippen molar-refractivity contribution in [3.05, 3.63) is 42.0 Å². The number of ether oxygens (including phenoxy) is 2. The van der Waals surface area contributed by atoms with Crippen LogP contribution >= 0.6 is 0 Å². The first-order valence-electron chi connectivity index (χ1n) is 6.74. The third kappa shape index (κ3) is 2.61. The van der Waals surface area contributed by atoms with Gasteiger partial charge in [0.25, 0.3) is 0 Å². The summed E-state index contributed by atoms with van der Waals surface area (Å²) in [6, 6.07) is 4.91. The molecule has 3 rings (SSSR count). The minimum atomic E-state index is -0.230. The highest BCUT2D eigenvalue weighted by molar-refractivity contribution is 5.37. The number of halogens is 1. The van der Waals surface area contributed by atoms with E-state index in [2.05, 4.69) is 18.9 Å². The molecule has 106 valence electrons. The van der Waals surface area contributed by atoms with Crippen LogP contribution in [-0.4, -0.2) is 22.5 Å². The molecule has 0 N–H and O–H groups in total. The van der Waals surface area contributed by atoms with E-state index in [1.807, 2.05) is 10.9 Å². The topological polar surface area (TPSA) is 36.3 Å². The molecule has 1 aliphatic rings. The Labute approximate surface area is 117 Å². The number of aromatic nitrogens is 2. The van der Waals surface area contributed by atoms with E-state index >= 15 is 0 Å². The number of benzene rings is 1. The molecule has 4 nitrogen and oxygen atoms in total. The molecule has 1 aliphatic heterocycles. The molecule has 1 aromatic carbocycles. The highest BCUT2D eigenvalue weighted by Crippen LogP contribution is 2.29. The zero-order valence-electron chi connectivity index (χ0n) is 11.5. The number of nitrogens with zero attached hydrogens (tertiary/aromatic N) is 2. The van der Waals surface area contributed by atoms with Crippen molar-refractivity contribution in [3.63, 3.8) is 0 Å². The molecule has 0 saturated heterocycles. The van der Waals surface area contributed by atoms with Gasteiger partial charge >= 0.3 is 0 Å². The summed E-state index contributed by atoms with van der Waals surface area (Å²) in [7, 11) is 0. The minimum Gasteiger partial charge on any atom is -0.486 e. The molecule has 0 saturated carbocycles. The molecular formula is C15H17FN2O2. The van der Waals surface area contributed by atoms with Gasteiger partial charge < -0.3 is 9.47 Å². The van der Waals surface area contributed by atoms with Crippen molar-refractivity contribution in [3.8, 4) is 11.5 Å². The van der Waals surface area contributed by atoms with Gasteiger partial charge in [-0.1, -0.05) is 0 Å². The number of hydrogen-bond acceptors (Lipinski definition) is 3. The zero-order chi connectivity index (χ0) is 14.1. The Morgan fingerprint density at radius 3 is 3.10 bits per heavy atom. The summed E-state index contributed by atoms with van der Waals surface area (Å²) >= 11 is 0. The maximum absolute atomic E-state index is 13.1. The highest BCUT2D eigenvalue weighted by atomic mass is 19.1. The van der Waals surface area contributed by atoms with Gasteiger partial charge in [-0.2, -0.15) is 5.10 Å². The fraction of sp³-hybridized carbons (Fsp3) is 0.400. The van der Waals surface area contributed by atoms with Gasteiger partial charge in [0, 0.05) is 18.0 Å². The van der Waals surface area contributed by atoms with Crippen LogP contribution < -0.4 is 9.47 Å². The second kappa shape index (κ2) is 5.15. The summed E-state index contributed by atoms with van der Waals surface area (Å²) in [6.45, 7) is 4.55. The van der Waals surface area contributed by atoms with Crippen LogP contribution in [-0.2, 0) is 6.42 Å². The van der Waals surface area contributed by atoms with Crippen LogP contribution in [0.4, 0.5) is 4.39 Å². The van der Waals surface area contributed by atoms with Crippen LogP contribution in [0.2, 0.25) is 0 Å². The van der Waals surface area contributed by atoms with Crippen LogP contribution in [0, 0.1) is 5.82 Å². The Hall–Kier alpha value is -2.04. The van der Waals surface area contributed by atoms with Crippen molar-refractivity contribution in [1.29, 1.82) is 0 Å². The SMILES string of the molecule is CC(C)n1cc(OCC2Cc3cc(F)ccc3O2)cn1. The third-order valence-electron chi connectivity index (χ3n) is 3.31. The van der Waals surface area contributed by atoms with E-state index < -0.39 is 0 Å². The molecule has 0 bridgehead atoms. The van der Waals surface area contributed by atoms with Gasteiger partial charge in [-0.15, -0.1) is 0 Å². The number of hydrogen-bond donors (Lipinski definition) is 0. The van der Waals surface area contributed by atoms with Crippen molar-refractivity contribution < 1.29 is 13.9 Å². The lowest BCUT2D eigenvalue weighted by atomic mass is 10.1. The fourth-order valence-corrected chi connectivity index (χ4v) is 2.25. The van der Waals surface area contributed by atoms with Gasteiger partial charge in [0.05, 0.1) is 12.4 Å². The van der Waals surface area contributed by atoms with E-state index in [0.717, 1.165) is 17.1 Å². The molecule has 0 radical (unpaired) electrons. The maximum atomic E-state index is 13.1. The lowest BCUT2D eigenvalue weighted by molar-refractivity contribution is 0.148. The summed E-state index contributed by atoms with van der Waals surface area (Å²) in [4.78, 5) is 0. The average molecular weight is 276 g/mol. The molecule has 1 unspecified atom stereocenters. The van der Waals surface area contributed by atoms with E-state index in [9.17, 15) is 4.39 Å². The van der Waals surface area contributed by atoms with Gasteiger partial charge in [-0.25, -0.2) is 4.39 Å². The van der Waals surface area contributed by atoms with Crippen molar-refractivity contribution in [2.75, 3.05) is 6.61 Å². The third-order valence-corrected chi connectivity index (χ3v) is 3.31. The molecule has 2 aromatic rings. The lowest BCUT2D eigenvalue weighted by Crippen LogP contribution is -2.22. The molecular weight excluding hydrogens is 259 g/mol. The number of fused-ring (bicyclic) bond motifs is 1. The van der Waals surface area contributed by atoms with Crippen molar-refractivity contribution in [1.82, 2.24) is 9.78 Å². The smallest absolute Gasteiger partial charge is 0.157 e. The highest BCUT2D eigenvalue weighted by Gasteiger charge is 2.24. The van der Waals surface area contributed by atoms with Gasteiger partial charge in [0.15, 0.2) is 5.75 Å². The summed E-state index contributed by atoms with van der Waals surface area (Å²) in [5, 5.41) is 4.21. The first-order chi connectivity index (χ1) is 9.61. The van der Waals surface area contributed by atoms with Crippen molar-refractivity contribution in [2.24, 2.45) is 0 Å². The molecule has 5 heteroatoms. The van der Waals surface area contributed by atoms with Crippen molar-refractivity contribution >= 4 is 0 Å². The van der Waals surface area contributed by atoms with Crippen LogP contribution in [0.15, 0.2) is 30.6 Å². The quantitative estimate of drug-likeness (QED) is 0.861. The molecule has 0 spiro atoms. The van der Waals surface area contributed by atoms with Crippen LogP contribution in [0.3, 0.4) is 0 Å². The second-order valence-corrected chi connectivity index (χ2v) is 5.26. The summed E-state index contributed by atoms with van der Waals surface area (Å²) in [5.41, 5.74) is 0.900. The van der Waals surface area contributed by atoms with Crippen LogP contribution in [0.1, 0.15) is 25.5 Å². The Balaban J connectivity index is 1.58. The predicted molar refractivity (Wildman–Crippen MR) is 72.6 cm³/mol. The first-order valence-corrected chi connectivity index (χ1v) is 6.74.